The first-order valence-corrected chi connectivity index (χ1v) is 5.10. The fourth-order valence-electron chi connectivity index (χ4n) is 1.05. The summed E-state index contributed by atoms with van der Waals surface area (Å²) in [5, 5.41) is 0.688. The lowest BCUT2D eigenvalue weighted by Crippen LogP contribution is -2.49. The normalized spacial score (nSPS) is 19.5. The summed E-state index contributed by atoms with van der Waals surface area (Å²) < 4.78 is 0. The van der Waals surface area contributed by atoms with Crippen LogP contribution in [0.25, 0.3) is 0 Å². The minimum atomic E-state index is 0.163. The summed E-state index contributed by atoms with van der Waals surface area (Å²) in [6.45, 7) is 2.90. The molecule has 1 heterocycles. The Labute approximate surface area is 93.7 Å². The highest BCUT2D eigenvalue weighted by molar-refractivity contribution is 7.80. The van der Waals surface area contributed by atoms with E-state index < -0.39 is 0 Å². The van der Waals surface area contributed by atoms with E-state index in [9.17, 15) is 0 Å². The van der Waals surface area contributed by atoms with E-state index >= 15 is 0 Å². The molecule has 0 saturated carbocycles. The first kappa shape index (κ1) is 11.1. The minimum Gasteiger partial charge on any atom is -0.375 e. The summed E-state index contributed by atoms with van der Waals surface area (Å²) in [6.07, 6.45) is 2.74. The van der Waals surface area contributed by atoms with Gasteiger partial charge in [-0.2, -0.15) is 0 Å². The van der Waals surface area contributed by atoms with E-state index in [2.05, 4.69) is 35.0 Å². The molecule has 1 aliphatic rings. The van der Waals surface area contributed by atoms with Crippen molar-refractivity contribution in [2.75, 3.05) is 6.54 Å². The van der Waals surface area contributed by atoms with Crippen molar-refractivity contribution in [3.8, 4) is 0 Å². The van der Waals surface area contributed by atoms with Gasteiger partial charge < -0.3 is 10.6 Å². The third-order valence-corrected chi connectivity index (χ3v) is 2.29. The molecule has 0 aromatic rings. The maximum absolute atomic E-state index is 5.24. The summed E-state index contributed by atoms with van der Waals surface area (Å²) in [7, 11) is 0. The Morgan fingerprint density at radius 3 is 2.86 bits per heavy atom. The highest BCUT2D eigenvalue weighted by atomic mass is 32.1. The molecule has 0 saturated heterocycles. The van der Waals surface area contributed by atoms with Gasteiger partial charge in [0.15, 0.2) is 10.2 Å². The van der Waals surface area contributed by atoms with Crippen LogP contribution in [-0.4, -0.2) is 34.0 Å². The number of rotatable bonds is 1. The van der Waals surface area contributed by atoms with Crippen molar-refractivity contribution in [2.24, 2.45) is 10.7 Å². The fourth-order valence-corrected chi connectivity index (χ4v) is 1.28. The Morgan fingerprint density at radius 2 is 2.36 bits per heavy atom. The molecule has 0 spiro atoms. The summed E-state index contributed by atoms with van der Waals surface area (Å²) >= 11 is 9.71. The predicted octanol–water partition coefficient (Wildman–Crippen LogP) is -0.268. The number of aliphatic imine (C=N–C) groups is 1. The van der Waals surface area contributed by atoms with Crippen LogP contribution in [0.2, 0.25) is 0 Å². The van der Waals surface area contributed by atoms with Gasteiger partial charge in [0, 0.05) is 6.54 Å². The van der Waals surface area contributed by atoms with E-state index in [1.165, 1.54) is 0 Å². The van der Waals surface area contributed by atoms with Gasteiger partial charge in [-0.15, -0.1) is 0 Å². The lowest BCUT2D eigenvalue weighted by atomic mass is 10.2. The van der Waals surface area contributed by atoms with Crippen LogP contribution >= 0.6 is 24.4 Å². The molecule has 1 atom stereocenters. The van der Waals surface area contributed by atoms with Crippen molar-refractivity contribution in [1.82, 2.24) is 15.8 Å². The monoisotopic (exact) mass is 231 g/mol. The maximum Gasteiger partial charge on any atom is 0.193 e. The molecular formula is C7H13N5S2. The number of hydrazine groups is 1. The van der Waals surface area contributed by atoms with Gasteiger partial charge in [0.2, 0.25) is 0 Å². The van der Waals surface area contributed by atoms with Gasteiger partial charge >= 0.3 is 0 Å². The highest BCUT2D eigenvalue weighted by Gasteiger charge is 2.18. The number of nitrogens with zero attached hydrogens (tertiary/aromatic N) is 2. The van der Waals surface area contributed by atoms with E-state index in [1.807, 2.05) is 4.90 Å². The molecule has 7 heteroatoms. The topological polar surface area (TPSA) is 65.7 Å². The number of nitrogens with two attached hydrogens (primary N) is 1. The zero-order valence-electron chi connectivity index (χ0n) is 7.86. The van der Waals surface area contributed by atoms with Crippen molar-refractivity contribution in [3.63, 3.8) is 0 Å². The zero-order valence-corrected chi connectivity index (χ0v) is 9.49. The average Bonchev–Trinajstić information content (AvgIpc) is 2.62. The smallest absolute Gasteiger partial charge is 0.193 e. The first-order valence-electron chi connectivity index (χ1n) is 4.28. The largest absolute Gasteiger partial charge is 0.375 e. The second kappa shape index (κ2) is 5.06. The molecule has 0 radical (unpaired) electrons. The van der Waals surface area contributed by atoms with Crippen molar-refractivity contribution < 1.29 is 0 Å². The summed E-state index contributed by atoms with van der Waals surface area (Å²) in [5.41, 5.74) is 10.5. The molecule has 1 rings (SSSR count). The van der Waals surface area contributed by atoms with E-state index in [0.29, 0.717) is 11.2 Å². The molecule has 0 bridgehead atoms. The SMILES string of the molecule is CCC1CN(C(=S)NNC(N)=S)C=N1. The Hall–Kier alpha value is -0.950. The Kier molecular flexibility index (Phi) is 4.02. The molecule has 1 unspecified atom stereocenters. The Balaban J connectivity index is 2.33. The lowest BCUT2D eigenvalue weighted by molar-refractivity contribution is 0.553. The molecule has 0 fully saturated rings. The van der Waals surface area contributed by atoms with Gasteiger partial charge in [0.25, 0.3) is 0 Å². The number of nitrogens with one attached hydrogen (secondary N) is 2. The average molecular weight is 231 g/mol. The van der Waals surface area contributed by atoms with Gasteiger partial charge in [-0.05, 0) is 30.9 Å². The number of hydrogen-bond donors (Lipinski definition) is 3. The Bertz CT molecular complexity index is 265. The summed E-state index contributed by atoms with van der Waals surface area (Å²) in [5.74, 6) is 0. The van der Waals surface area contributed by atoms with E-state index in [4.69, 9.17) is 18.0 Å². The van der Waals surface area contributed by atoms with E-state index in [-0.39, 0.29) is 5.11 Å². The molecule has 78 valence electrons. The lowest BCUT2D eigenvalue weighted by Gasteiger charge is -2.18. The minimum absolute atomic E-state index is 0.163. The third kappa shape index (κ3) is 3.08. The quantitative estimate of drug-likeness (QED) is 0.426. The van der Waals surface area contributed by atoms with Crippen molar-refractivity contribution >= 4 is 41.0 Å². The van der Waals surface area contributed by atoms with Crippen LogP contribution in [0.3, 0.4) is 0 Å². The van der Waals surface area contributed by atoms with Crippen LogP contribution < -0.4 is 16.6 Å². The molecule has 5 nitrogen and oxygen atoms in total. The van der Waals surface area contributed by atoms with Gasteiger partial charge in [-0.3, -0.25) is 15.8 Å². The maximum atomic E-state index is 5.24. The molecule has 14 heavy (non-hydrogen) atoms. The highest BCUT2D eigenvalue weighted by Crippen LogP contribution is 2.06. The van der Waals surface area contributed by atoms with Crippen LogP contribution in [0.15, 0.2) is 4.99 Å². The molecule has 0 aromatic heterocycles. The van der Waals surface area contributed by atoms with Crippen molar-refractivity contribution in [3.05, 3.63) is 0 Å². The van der Waals surface area contributed by atoms with Crippen LogP contribution in [0.5, 0.6) is 0 Å². The van der Waals surface area contributed by atoms with Gasteiger partial charge in [0.1, 0.15) is 0 Å². The first-order chi connectivity index (χ1) is 6.63. The number of hydrogen-bond acceptors (Lipinski definition) is 3. The number of thiocarbonyl (C=S) groups is 2. The zero-order chi connectivity index (χ0) is 10.6. The molecular weight excluding hydrogens is 218 g/mol. The van der Waals surface area contributed by atoms with Crippen molar-refractivity contribution in [2.45, 2.75) is 19.4 Å². The van der Waals surface area contributed by atoms with Crippen LogP contribution in [0.1, 0.15) is 13.3 Å². The Morgan fingerprint density at radius 1 is 1.64 bits per heavy atom. The second-order valence-electron chi connectivity index (χ2n) is 2.90. The predicted molar refractivity (Wildman–Crippen MR) is 64.9 cm³/mol. The van der Waals surface area contributed by atoms with Crippen LogP contribution in [-0.2, 0) is 0 Å². The molecule has 0 aliphatic carbocycles. The van der Waals surface area contributed by atoms with Crippen LogP contribution in [0.4, 0.5) is 0 Å². The molecule has 0 amide bonds. The summed E-state index contributed by atoms with van der Waals surface area (Å²) in [4.78, 5) is 6.11. The van der Waals surface area contributed by atoms with Gasteiger partial charge in [-0.25, -0.2) is 0 Å². The molecule has 0 aromatic carbocycles. The fraction of sp³-hybridized carbons (Fsp3) is 0.571. The van der Waals surface area contributed by atoms with Gasteiger partial charge in [-0.1, -0.05) is 6.92 Å². The van der Waals surface area contributed by atoms with E-state index in [0.717, 1.165) is 13.0 Å². The molecule has 1 aliphatic heterocycles. The standard InChI is InChI=1S/C7H13N5S2/c1-2-5-3-12(4-9-5)7(14)11-10-6(8)13/h4-5H,2-3H2,1H3,(H,11,14)(H3,8,10,13). The third-order valence-electron chi connectivity index (χ3n) is 1.85. The van der Waals surface area contributed by atoms with Crippen molar-refractivity contribution in [1.29, 1.82) is 0 Å². The second-order valence-corrected chi connectivity index (χ2v) is 3.72. The summed E-state index contributed by atoms with van der Waals surface area (Å²) in [6, 6.07) is 0.333. The van der Waals surface area contributed by atoms with Gasteiger partial charge in [0.05, 0.1) is 12.4 Å². The van der Waals surface area contributed by atoms with Crippen LogP contribution in [0, 0.1) is 0 Å². The van der Waals surface area contributed by atoms with E-state index in [1.54, 1.807) is 6.34 Å². The molecule has 4 N–H and O–H groups in total.